The molecule has 31 heavy (non-hydrogen) atoms. The van der Waals surface area contributed by atoms with Gasteiger partial charge in [-0.05, 0) is 48.8 Å². The van der Waals surface area contributed by atoms with Gasteiger partial charge >= 0.3 is 0 Å². The van der Waals surface area contributed by atoms with Gasteiger partial charge in [0.05, 0.1) is 31.5 Å². The van der Waals surface area contributed by atoms with E-state index in [0.717, 1.165) is 36.5 Å². The second kappa shape index (κ2) is 9.07. The minimum atomic E-state index is -0.0822. The van der Waals surface area contributed by atoms with Crippen molar-refractivity contribution in [2.45, 2.75) is 26.8 Å². The van der Waals surface area contributed by atoms with Crippen molar-refractivity contribution in [2.75, 3.05) is 25.0 Å². The van der Waals surface area contributed by atoms with Crippen molar-refractivity contribution in [1.29, 1.82) is 5.26 Å². The fourth-order valence-corrected chi connectivity index (χ4v) is 4.15. The molecule has 0 fully saturated rings. The number of aromatic nitrogens is 1. The zero-order valence-corrected chi connectivity index (χ0v) is 17.9. The quantitative estimate of drug-likeness (QED) is 0.650. The Bertz CT molecular complexity index is 1130. The molecule has 1 unspecified atom stereocenters. The molecule has 0 aliphatic carbocycles. The van der Waals surface area contributed by atoms with Crippen LogP contribution < -0.4 is 10.2 Å². The number of carbonyl (C=O) groups is 1. The maximum absolute atomic E-state index is 12.9. The van der Waals surface area contributed by atoms with Gasteiger partial charge in [-0.2, -0.15) is 5.26 Å². The largest absolute Gasteiger partial charge is 0.467 e. The third kappa shape index (κ3) is 4.47. The number of carbonyl (C=O) groups excluding carboxylic acids is 1. The third-order valence-electron chi connectivity index (χ3n) is 6.03. The van der Waals surface area contributed by atoms with Gasteiger partial charge in [0, 0.05) is 12.1 Å². The maximum atomic E-state index is 12.9. The highest BCUT2D eigenvalue weighted by atomic mass is 16.3. The van der Waals surface area contributed by atoms with E-state index >= 15 is 0 Å². The van der Waals surface area contributed by atoms with Crippen LogP contribution >= 0.6 is 0 Å². The topological polar surface area (TPSA) is 75.4 Å². The number of quaternary nitrogens is 1. The van der Waals surface area contributed by atoms with E-state index in [1.165, 1.54) is 16.0 Å². The molecule has 0 bridgehead atoms. The van der Waals surface area contributed by atoms with Gasteiger partial charge in [0.15, 0.2) is 6.54 Å². The van der Waals surface area contributed by atoms with E-state index < -0.39 is 0 Å². The van der Waals surface area contributed by atoms with E-state index in [0.29, 0.717) is 24.5 Å². The molecule has 1 amide bonds. The number of nitriles is 1. The van der Waals surface area contributed by atoms with Crippen LogP contribution in [0.25, 0.3) is 5.57 Å². The van der Waals surface area contributed by atoms with E-state index in [2.05, 4.69) is 41.7 Å². The number of anilines is 1. The number of amides is 1. The molecule has 0 radical (unpaired) electrons. The lowest BCUT2D eigenvalue weighted by Gasteiger charge is -2.23. The van der Waals surface area contributed by atoms with Gasteiger partial charge in [-0.15, -0.1) is 0 Å². The molecule has 4 rings (SSSR count). The first-order chi connectivity index (χ1) is 15.1. The zero-order chi connectivity index (χ0) is 21.8. The van der Waals surface area contributed by atoms with Gasteiger partial charge in [0.1, 0.15) is 17.6 Å². The lowest BCUT2D eigenvalue weighted by molar-refractivity contribution is -0.886. The summed E-state index contributed by atoms with van der Waals surface area (Å²) in [5.41, 5.74) is 4.94. The second-order valence-corrected chi connectivity index (χ2v) is 7.99. The summed E-state index contributed by atoms with van der Waals surface area (Å²) in [6.07, 6.45) is 4.81. The van der Waals surface area contributed by atoms with Crippen molar-refractivity contribution in [3.05, 3.63) is 82.9 Å². The summed E-state index contributed by atoms with van der Waals surface area (Å²) in [6, 6.07) is 16.4. The Kier molecular flexibility index (Phi) is 6.06. The normalized spacial score (nSPS) is 15.9. The zero-order valence-electron chi connectivity index (χ0n) is 17.9. The van der Waals surface area contributed by atoms with Crippen LogP contribution in [0.5, 0.6) is 0 Å². The third-order valence-corrected chi connectivity index (χ3v) is 6.03. The molecule has 1 aromatic carbocycles. The Labute approximate surface area is 182 Å². The van der Waals surface area contributed by atoms with E-state index in [9.17, 15) is 10.1 Å². The average Bonchev–Trinajstić information content (AvgIpc) is 3.38. The van der Waals surface area contributed by atoms with Crippen LogP contribution in [0.15, 0.2) is 59.2 Å². The second-order valence-electron chi connectivity index (χ2n) is 7.99. The number of nitrogens with one attached hydrogen (secondary N) is 2. The number of hydrogen-bond donors (Lipinski definition) is 2. The van der Waals surface area contributed by atoms with Crippen LogP contribution in [0.2, 0.25) is 0 Å². The fraction of sp³-hybridized carbons (Fsp3) is 0.280. The SMILES string of the molecule is Cc1c(C#N)c(NC(=O)C[NH+]2CC=C(c3ccccc3)CC2)n(Cc2ccco2)c1C. The van der Waals surface area contributed by atoms with Crippen LogP contribution in [0.3, 0.4) is 0 Å². The maximum Gasteiger partial charge on any atom is 0.280 e. The molecular weight excluding hydrogens is 388 g/mol. The van der Waals surface area contributed by atoms with E-state index in [1.54, 1.807) is 6.26 Å². The minimum Gasteiger partial charge on any atom is -0.467 e. The Hall–Kier alpha value is -3.56. The molecule has 3 aromatic rings. The summed E-state index contributed by atoms with van der Waals surface area (Å²) in [4.78, 5) is 14.1. The van der Waals surface area contributed by atoms with Gasteiger partial charge in [0.25, 0.3) is 5.91 Å². The number of furan rings is 1. The fourth-order valence-electron chi connectivity index (χ4n) is 4.15. The van der Waals surface area contributed by atoms with Crippen LogP contribution in [0.4, 0.5) is 5.82 Å². The van der Waals surface area contributed by atoms with Crippen molar-refractivity contribution < 1.29 is 14.1 Å². The molecule has 3 heterocycles. The van der Waals surface area contributed by atoms with E-state index in [1.807, 2.05) is 36.6 Å². The summed E-state index contributed by atoms with van der Waals surface area (Å²) >= 11 is 0. The monoisotopic (exact) mass is 415 g/mol. The minimum absolute atomic E-state index is 0.0822. The highest BCUT2D eigenvalue weighted by molar-refractivity contribution is 5.92. The predicted molar refractivity (Wildman–Crippen MR) is 120 cm³/mol. The Morgan fingerprint density at radius 3 is 2.68 bits per heavy atom. The lowest BCUT2D eigenvalue weighted by Crippen LogP contribution is -3.13. The molecule has 0 saturated carbocycles. The average molecular weight is 416 g/mol. The first kappa shape index (κ1) is 20.7. The summed E-state index contributed by atoms with van der Waals surface area (Å²) in [5, 5.41) is 12.7. The van der Waals surface area contributed by atoms with Gasteiger partial charge in [-0.1, -0.05) is 30.3 Å². The van der Waals surface area contributed by atoms with Crippen molar-refractivity contribution in [3.8, 4) is 6.07 Å². The van der Waals surface area contributed by atoms with Gasteiger partial charge in [-0.3, -0.25) is 4.79 Å². The summed E-state index contributed by atoms with van der Waals surface area (Å²) in [5.74, 6) is 1.25. The van der Waals surface area contributed by atoms with Crippen LogP contribution in [-0.4, -0.2) is 30.1 Å². The number of hydrogen-bond acceptors (Lipinski definition) is 3. The highest BCUT2D eigenvalue weighted by Crippen LogP contribution is 2.27. The summed E-state index contributed by atoms with van der Waals surface area (Å²) in [7, 11) is 0. The van der Waals surface area contributed by atoms with Gasteiger partial charge in [-0.25, -0.2) is 0 Å². The molecular formula is C25H27N4O2+. The van der Waals surface area contributed by atoms with Crippen LogP contribution in [0, 0.1) is 25.2 Å². The molecule has 2 N–H and O–H groups in total. The Morgan fingerprint density at radius 2 is 2.03 bits per heavy atom. The van der Waals surface area contributed by atoms with Gasteiger partial charge in [0.2, 0.25) is 0 Å². The molecule has 1 atom stereocenters. The number of nitrogens with zero attached hydrogens (tertiary/aromatic N) is 2. The predicted octanol–water partition coefficient (Wildman–Crippen LogP) is 2.93. The lowest BCUT2D eigenvalue weighted by atomic mass is 10.00. The van der Waals surface area contributed by atoms with E-state index in [4.69, 9.17) is 4.42 Å². The van der Waals surface area contributed by atoms with Crippen LogP contribution in [0.1, 0.15) is 34.6 Å². The molecule has 2 aromatic heterocycles. The van der Waals surface area contributed by atoms with E-state index in [-0.39, 0.29) is 5.91 Å². The summed E-state index contributed by atoms with van der Waals surface area (Å²) in [6.45, 7) is 6.43. The molecule has 6 nitrogen and oxygen atoms in total. The molecule has 0 spiro atoms. The highest BCUT2D eigenvalue weighted by Gasteiger charge is 2.23. The van der Waals surface area contributed by atoms with Crippen molar-refractivity contribution in [3.63, 3.8) is 0 Å². The Balaban J connectivity index is 1.46. The number of rotatable bonds is 6. The standard InChI is InChI=1S/C25H26N4O2/c1-18-19(2)29(16-22-9-6-14-31-22)25(23(18)15-26)27-24(30)17-28-12-10-21(11-13-28)20-7-4-3-5-8-20/h3-10,14H,11-13,16-17H2,1-2H3,(H,27,30)/p+1. The molecule has 1 aliphatic heterocycles. The molecule has 1 aliphatic rings. The van der Waals surface area contributed by atoms with Crippen molar-refractivity contribution in [1.82, 2.24) is 4.57 Å². The number of benzene rings is 1. The van der Waals surface area contributed by atoms with Crippen molar-refractivity contribution in [2.24, 2.45) is 0 Å². The summed E-state index contributed by atoms with van der Waals surface area (Å²) < 4.78 is 7.42. The van der Waals surface area contributed by atoms with Crippen molar-refractivity contribution >= 4 is 17.3 Å². The first-order valence-corrected chi connectivity index (χ1v) is 10.6. The molecule has 0 saturated heterocycles. The molecule has 6 heteroatoms. The first-order valence-electron chi connectivity index (χ1n) is 10.6. The van der Waals surface area contributed by atoms with Gasteiger partial charge < -0.3 is 19.2 Å². The van der Waals surface area contributed by atoms with Crippen LogP contribution in [-0.2, 0) is 11.3 Å². The Morgan fingerprint density at radius 1 is 1.23 bits per heavy atom. The smallest absolute Gasteiger partial charge is 0.280 e. The molecule has 158 valence electrons.